The summed E-state index contributed by atoms with van der Waals surface area (Å²) in [4.78, 5) is 22.5. The number of carbonyl (C=O) groups is 1. The fourth-order valence-electron chi connectivity index (χ4n) is 2.47. The van der Waals surface area contributed by atoms with Crippen molar-refractivity contribution in [1.82, 2.24) is 14.9 Å². The molecule has 0 fully saturated rings. The lowest BCUT2D eigenvalue weighted by molar-refractivity contribution is 0.0702. The van der Waals surface area contributed by atoms with Crippen LogP contribution >= 0.6 is 11.3 Å². The van der Waals surface area contributed by atoms with Crippen LogP contribution < -0.4 is 0 Å². The Bertz CT molecular complexity index is 861. The molecule has 3 heterocycles. The second-order valence-electron chi connectivity index (χ2n) is 5.43. The van der Waals surface area contributed by atoms with Crippen molar-refractivity contribution in [3.63, 3.8) is 0 Å². The fourth-order valence-corrected chi connectivity index (χ4v) is 3.88. The molecule has 0 atom stereocenters. The number of hydrogen-bond acceptors (Lipinski definition) is 7. The summed E-state index contributed by atoms with van der Waals surface area (Å²) in [6.07, 6.45) is 3.32. The molecular weight excluding hydrogens is 338 g/mol. The molecule has 2 aromatic heterocycles. The molecule has 0 saturated carbocycles. The molecule has 0 bridgehead atoms. The third-order valence-electron chi connectivity index (χ3n) is 3.57. The minimum atomic E-state index is -3.39. The number of carboxylic acids is 1. The summed E-state index contributed by atoms with van der Waals surface area (Å²) in [6.45, 7) is 2.03. The van der Waals surface area contributed by atoms with E-state index in [1.807, 2.05) is 6.07 Å². The first kappa shape index (κ1) is 16.0. The normalized spacial score (nSPS) is 15.3. The molecule has 1 N–H and O–H groups in total. The third-order valence-corrected chi connectivity index (χ3v) is 5.49. The predicted octanol–water partition coefficient (Wildman–Crippen LogP) is 1.20. The molecule has 2 aromatic rings. The second-order valence-corrected chi connectivity index (χ2v) is 8.51. The third kappa shape index (κ3) is 3.57. The van der Waals surface area contributed by atoms with Crippen molar-refractivity contribution in [2.45, 2.75) is 24.7 Å². The van der Waals surface area contributed by atoms with Crippen molar-refractivity contribution >= 4 is 27.1 Å². The van der Waals surface area contributed by atoms with E-state index in [2.05, 4.69) is 14.9 Å². The molecule has 0 aromatic carbocycles. The number of nitrogens with zero attached hydrogens (tertiary/aromatic N) is 3. The number of aromatic nitrogens is 2. The average molecular weight is 353 g/mol. The van der Waals surface area contributed by atoms with Crippen LogP contribution in [0.25, 0.3) is 0 Å². The zero-order chi connectivity index (χ0) is 16.6. The molecule has 122 valence electrons. The summed E-state index contributed by atoms with van der Waals surface area (Å²) in [5.41, 5.74) is 1.69. The first-order valence-corrected chi connectivity index (χ1v) is 9.63. The number of rotatable bonds is 4. The topological polar surface area (TPSA) is 100 Å². The molecule has 0 radical (unpaired) electrons. The Morgan fingerprint density at radius 3 is 2.87 bits per heavy atom. The van der Waals surface area contributed by atoms with Crippen molar-refractivity contribution in [1.29, 1.82) is 0 Å². The van der Waals surface area contributed by atoms with Gasteiger partial charge < -0.3 is 5.11 Å². The summed E-state index contributed by atoms with van der Waals surface area (Å²) in [7, 11) is -3.39. The number of thiophene rings is 1. The summed E-state index contributed by atoms with van der Waals surface area (Å²) < 4.78 is 23.0. The Balaban J connectivity index is 1.74. The van der Waals surface area contributed by atoms with Crippen molar-refractivity contribution in [3.8, 4) is 0 Å². The number of fused-ring (bicyclic) bond motifs is 1. The highest BCUT2D eigenvalue weighted by Crippen LogP contribution is 2.23. The first-order chi connectivity index (χ1) is 10.8. The van der Waals surface area contributed by atoms with Crippen LogP contribution in [-0.4, -0.2) is 47.2 Å². The highest BCUT2D eigenvalue weighted by atomic mass is 32.2. The standard InChI is InChI=1S/C14H15N3O4S2/c1-23(20,21)14-15-6-9-7-17(5-4-11(9)16-14)8-10-2-3-12(22-10)13(18)19/h2-3,6H,4-5,7-8H2,1H3,(H,18,19). The van der Waals surface area contributed by atoms with Crippen molar-refractivity contribution < 1.29 is 18.3 Å². The quantitative estimate of drug-likeness (QED) is 0.824. The lowest BCUT2D eigenvalue weighted by Gasteiger charge is -2.27. The molecule has 9 heteroatoms. The van der Waals surface area contributed by atoms with Gasteiger partial charge in [0.25, 0.3) is 0 Å². The highest BCUT2D eigenvalue weighted by molar-refractivity contribution is 7.90. The van der Waals surface area contributed by atoms with Gasteiger partial charge in [-0.1, -0.05) is 0 Å². The molecule has 0 unspecified atom stereocenters. The Morgan fingerprint density at radius 1 is 1.43 bits per heavy atom. The van der Waals surface area contributed by atoms with Crippen molar-refractivity contribution in [2.24, 2.45) is 0 Å². The summed E-state index contributed by atoms with van der Waals surface area (Å²) in [6, 6.07) is 3.44. The Morgan fingerprint density at radius 2 is 2.22 bits per heavy atom. The average Bonchev–Trinajstić information content (AvgIpc) is 2.94. The zero-order valence-electron chi connectivity index (χ0n) is 12.4. The van der Waals surface area contributed by atoms with E-state index in [4.69, 9.17) is 5.11 Å². The summed E-state index contributed by atoms with van der Waals surface area (Å²) in [5.74, 6) is -0.910. The largest absolute Gasteiger partial charge is 0.477 e. The molecule has 0 saturated heterocycles. The molecule has 0 aliphatic carbocycles. The van der Waals surface area contributed by atoms with E-state index in [1.165, 1.54) is 11.3 Å². The molecule has 1 aliphatic heterocycles. The minimum absolute atomic E-state index is 0.131. The second kappa shape index (κ2) is 5.99. The first-order valence-electron chi connectivity index (χ1n) is 6.92. The van der Waals surface area contributed by atoms with E-state index in [0.29, 0.717) is 24.4 Å². The molecular formula is C14H15N3O4S2. The van der Waals surface area contributed by atoms with Gasteiger partial charge in [-0.15, -0.1) is 11.3 Å². The summed E-state index contributed by atoms with van der Waals surface area (Å²) >= 11 is 1.27. The predicted molar refractivity (Wildman–Crippen MR) is 84.2 cm³/mol. The summed E-state index contributed by atoms with van der Waals surface area (Å²) in [5, 5.41) is 8.83. The van der Waals surface area contributed by atoms with Crippen LogP contribution in [0.2, 0.25) is 0 Å². The zero-order valence-corrected chi connectivity index (χ0v) is 14.0. The van der Waals surface area contributed by atoms with Gasteiger partial charge in [-0.2, -0.15) is 0 Å². The van der Waals surface area contributed by atoms with Crippen LogP contribution in [0.4, 0.5) is 0 Å². The van der Waals surface area contributed by atoms with Gasteiger partial charge in [0.05, 0.1) is 5.69 Å². The van der Waals surface area contributed by atoms with Gasteiger partial charge in [-0.3, -0.25) is 4.90 Å². The molecule has 1 aliphatic rings. The fraction of sp³-hybridized carbons (Fsp3) is 0.357. The van der Waals surface area contributed by atoms with Crippen LogP contribution in [0.3, 0.4) is 0 Å². The lowest BCUT2D eigenvalue weighted by atomic mass is 10.1. The van der Waals surface area contributed by atoms with Crippen molar-refractivity contribution in [2.75, 3.05) is 12.8 Å². The molecule has 23 heavy (non-hydrogen) atoms. The lowest BCUT2D eigenvalue weighted by Crippen LogP contribution is -2.31. The number of hydrogen-bond donors (Lipinski definition) is 1. The molecule has 0 amide bonds. The van der Waals surface area contributed by atoms with Crippen LogP contribution in [-0.2, 0) is 29.3 Å². The number of aromatic carboxylic acids is 1. The van der Waals surface area contributed by atoms with Gasteiger partial charge in [-0.25, -0.2) is 23.2 Å². The maximum absolute atomic E-state index is 11.5. The van der Waals surface area contributed by atoms with E-state index in [-0.39, 0.29) is 5.16 Å². The van der Waals surface area contributed by atoms with Crippen LogP contribution in [0.15, 0.2) is 23.5 Å². The maximum Gasteiger partial charge on any atom is 0.345 e. The van der Waals surface area contributed by atoms with Crippen LogP contribution in [0.1, 0.15) is 25.8 Å². The Labute approximate surface area is 137 Å². The molecule has 3 rings (SSSR count). The van der Waals surface area contributed by atoms with Gasteiger partial charge in [-0.05, 0) is 12.1 Å². The van der Waals surface area contributed by atoms with E-state index in [1.54, 1.807) is 12.3 Å². The smallest absolute Gasteiger partial charge is 0.345 e. The van der Waals surface area contributed by atoms with Gasteiger partial charge >= 0.3 is 5.97 Å². The Hall–Kier alpha value is -1.84. The number of carboxylic acid groups (broad SMARTS) is 1. The van der Waals surface area contributed by atoms with Crippen molar-refractivity contribution in [3.05, 3.63) is 39.3 Å². The van der Waals surface area contributed by atoms with E-state index in [0.717, 1.165) is 28.9 Å². The van der Waals surface area contributed by atoms with E-state index < -0.39 is 15.8 Å². The molecule has 0 spiro atoms. The van der Waals surface area contributed by atoms with Gasteiger partial charge in [0.1, 0.15) is 4.88 Å². The van der Waals surface area contributed by atoms with Gasteiger partial charge in [0.15, 0.2) is 0 Å². The van der Waals surface area contributed by atoms with Crippen LogP contribution in [0, 0.1) is 0 Å². The van der Waals surface area contributed by atoms with Crippen LogP contribution in [0.5, 0.6) is 0 Å². The number of sulfone groups is 1. The van der Waals surface area contributed by atoms with E-state index in [9.17, 15) is 13.2 Å². The highest BCUT2D eigenvalue weighted by Gasteiger charge is 2.21. The van der Waals surface area contributed by atoms with E-state index >= 15 is 0 Å². The SMILES string of the molecule is CS(=O)(=O)c1ncc2c(n1)CCN(Cc1ccc(C(=O)O)s1)C2. The maximum atomic E-state index is 11.5. The molecule has 7 nitrogen and oxygen atoms in total. The van der Waals surface area contributed by atoms with Gasteiger partial charge in [0.2, 0.25) is 15.0 Å². The monoisotopic (exact) mass is 353 g/mol. The Kier molecular flexibility index (Phi) is 4.17. The minimum Gasteiger partial charge on any atom is -0.477 e. The van der Waals surface area contributed by atoms with Gasteiger partial charge in [0, 0.05) is 48.9 Å².